The van der Waals surface area contributed by atoms with Gasteiger partial charge in [-0.1, -0.05) is 30.7 Å². The van der Waals surface area contributed by atoms with E-state index in [0.29, 0.717) is 0 Å². The molecule has 4 heteroatoms. The quantitative estimate of drug-likeness (QED) is 0.887. The number of halogens is 1. The van der Waals surface area contributed by atoms with Crippen LogP contribution in [-0.2, 0) is 13.0 Å². The van der Waals surface area contributed by atoms with E-state index in [9.17, 15) is 0 Å². The van der Waals surface area contributed by atoms with Gasteiger partial charge in [0, 0.05) is 23.0 Å². The Balaban J connectivity index is 1.93. The Kier molecular flexibility index (Phi) is 4.75. The number of rotatable bonds is 5. The van der Waals surface area contributed by atoms with Crippen LogP contribution in [0.4, 0.5) is 0 Å². The van der Waals surface area contributed by atoms with Gasteiger partial charge in [0.2, 0.25) is 0 Å². The third-order valence-electron chi connectivity index (χ3n) is 2.84. The molecule has 1 aromatic heterocycles. The standard InChI is InChI=1S/C14H17ClN2S/c1-3-14-17-13(9-18-14)8-16-10(2)11-5-4-6-12(15)7-11/h4-7,9-10,16H,3,8H2,1-2H3/t10-/m0/s1. The number of benzene rings is 1. The summed E-state index contributed by atoms with van der Waals surface area (Å²) in [6.45, 7) is 5.06. The molecule has 0 spiro atoms. The van der Waals surface area contributed by atoms with Crippen molar-refractivity contribution in [3.05, 3.63) is 50.9 Å². The molecule has 96 valence electrons. The normalized spacial score (nSPS) is 12.6. The van der Waals surface area contributed by atoms with Crippen LogP contribution in [0.2, 0.25) is 5.02 Å². The zero-order chi connectivity index (χ0) is 13.0. The van der Waals surface area contributed by atoms with Crippen molar-refractivity contribution in [2.75, 3.05) is 0 Å². The topological polar surface area (TPSA) is 24.9 Å². The molecule has 1 N–H and O–H groups in total. The summed E-state index contributed by atoms with van der Waals surface area (Å²) < 4.78 is 0. The van der Waals surface area contributed by atoms with E-state index < -0.39 is 0 Å². The van der Waals surface area contributed by atoms with Gasteiger partial charge in [-0.2, -0.15) is 0 Å². The van der Waals surface area contributed by atoms with Gasteiger partial charge in [-0.3, -0.25) is 0 Å². The molecule has 0 fully saturated rings. The summed E-state index contributed by atoms with van der Waals surface area (Å²) in [5, 5.41) is 7.56. The van der Waals surface area contributed by atoms with E-state index in [4.69, 9.17) is 11.6 Å². The molecule has 2 nitrogen and oxygen atoms in total. The van der Waals surface area contributed by atoms with Crippen LogP contribution in [0.15, 0.2) is 29.6 Å². The first kappa shape index (κ1) is 13.5. The Morgan fingerprint density at radius 2 is 2.28 bits per heavy atom. The second-order valence-electron chi connectivity index (χ2n) is 4.24. The molecule has 1 atom stereocenters. The van der Waals surface area contributed by atoms with Gasteiger partial charge in [0.1, 0.15) is 0 Å². The summed E-state index contributed by atoms with van der Waals surface area (Å²) in [5.41, 5.74) is 2.32. The SMILES string of the molecule is CCc1nc(CN[C@@H](C)c2cccc(Cl)c2)cs1. The molecule has 0 saturated heterocycles. The van der Waals surface area contributed by atoms with Gasteiger partial charge >= 0.3 is 0 Å². The van der Waals surface area contributed by atoms with Crippen molar-refractivity contribution in [2.45, 2.75) is 32.9 Å². The van der Waals surface area contributed by atoms with Crippen molar-refractivity contribution in [1.29, 1.82) is 0 Å². The smallest absolute Gasteiger partial charge is 0.0926 e. The molecule has 2 aromatic rings. The highest BCUT2D eigenvalue weighted by atomic mass is 35.5. The largest absolute Gasteiger partial charge is 0.305 e. The minimum Gasteiger partial charge on any atom is -0.305 e. The Labute approximate surface area is 117 Å². The second-order valence-corrected chi connectivity index (χ2v) is 5.62. The third kappa shape index (κ3) is 3.55. The lowest BCUT2D eigenvalue weighted by molar-refractivity contribution is 0.568. The molecule has 0 aliphatic heterocycles. The summed E-state index contributed by atoms with van der Waals surface area (Å²) in [6, 6.07) is 8.23. The summed E-state index contributed by atoms with van der Waals surface area (Å²) >= 11 is 7.72. The van der Waals surface area contributed by atoms with Crippen LogP contribution >= 0.6 is 22.9 Å². The molecule has 1 aromatic carbocycles. The van der Waals surface area contributed by atoms with E-state index in [1.165, 1.54) is 10.6 Å². The first-order valence-electron chi connectivity index (χ1n) is 6.11. The molecule has 0 saturated carbocycles. The molecule has 0 unspecified atom stereocenters. The van der Waals surface area contributed by atoms with Crippen molar-refractivity contribution in [3.8, 4) is 0 Å². The average molecular weight is 281 g/mol. The van der Waals surface area contributed by atoms with Gasteiger partial charge in [-0.05, 0) is 31.0 Å². The minimum atomic E-state index is 0.274. The monoisotopic (exact) mass is 280 g/mol. The Bertz CT molecular complexity index is 510. The zero-order valence-corrected chi connectivity index (χ0v) is 12.2. The minimum absolute atomic E-state index is 0.274. The number of hydrogen-bond acceptors (Lipinski definition) is 3. The van der Waals surface area contributed by atoms with Crippen LogP contribution in [0, 0.1) is 0 Å². The summed E-state index contributed by atoms with van der Waals surface area (Å²) in [4.78, 5) is 4.54. The lowest BCUT2D eigenvalue weighted by atomic mass is 10.1. The fourth-order valence-electron chi connectivity index (χ4n) is 1.74. The highest BCUT2D eigenvalue weighted by Crippen LogP contribution is 2.18. The Hall–Kier alpha value is -0.900. The number of nitrogens with zero attached hydrogens (tertiary/aromatic N) is 1. The van der Waals surface area contributed by atoms with Gasteiger partial charge in [0.05, 0.1) is 10.7 Å². The maximum Gasteiger partial charge on any atom is 0.0926 e. The van der Waals surface area contributed by atoms with Crippen LogP contribution in [0.25, 0.3) is 0 Å². The van der Waals surface area contributed by atoms with Gasteiger partial charge in [-0.25, -0.2) is 4.98 Å². The van der Waals surface area contributed by atoms with E-state index in [0.717, 1.165) is 23.7 Å². The van der Waals surface area contributed by atoms with Gasteiger partial charge in [0.15, 0.2) is 0 Å². The number of nitrogens with one attached hydrogen (secondary N) is 1. The van der Waals surface area contributed by atoms with E-state index >= 15 is 0 Å². The van der Waals surface area contributed by atoms with Crippen LogP contribution in [-0.4, -0.2) is 4.98 Å². The maximum atomic E-state index is 5.99. The van der Waals surface area contributed by atoms with E-state index in [1.54, 1.807) is 11.3 Å². The highest BCUT2D eigenvalue weighted by molar-refractivity contribution is 7.09. The van der Waals surface area contributed by atoms with Crippen molar-refractivity contribution in [3.63, 3.8) is 0 Å². The van der Waals surface area contributed by atoms with E-state index in [-0.39, 0.29) is 6.04 Å². The molecular weight excluding hydrogens is 264 g/mol. The van der Waals surface area contributed by atoms with Gasteiger partial charge in [0.25, 0.3) is 0 Å². The zero-order valence-electron chi connectivity index (χ0n) is 10.6. The Morgan fingerprint density at radius 3 is 2.94 bits per heavy atom. The van der Waals surface area contributed by atoms with E-state index in [2.05, 4.69) is 35.6 Å². The summed E-state index contributed by atoms with van der Waals surface area (Å²) in [5.74, 6) is 0. The first-order chi connectivity index (χ1) is 8.69. The van der Waals surface area contributed by atoms with Gasteiger partial charge in [-0.15, -0.1) is 11.3 Å². The van der Waals surface area contributed by atoms with Crippen LogP contribution < -0.4 is 5.32 Å². The summed E-state index contributed by atoms with van der Waals surface area (Å²) in [7, 11) is 0. The molecular formula is C14H17ClN2S. The molecule has 0 aliphatic rings. The molecule has 0 bridgehead atoms. The molecule has 18 heavy (non-hydrogen) atoms. The van der Waals surface area contributed by atoms with Crippen LogP contribution in [0.3, 0.4) is 0 Å². The Morgan fingerprint density at radius 1 is 1.44 bits per heavy atom. The van der Waals surface area contributed by atoms with Crippen molar-refractivity contribution < 1.29 is 0 Å². The lowest BCUT2D eigenvalue weighted by Gasteiger charge is -2.13. The molecule has 0 aliphatic carbocycles. The van der Waals surface area contributed by atoms with Crippen LogP contribution in [0.1, 0.15) is 36.2 Å². The third-order valence-corrected chi connectivity index (χ3v) is 4.12. The number of thiazole rings is 1. The fourth-order valence-corrected chi connectivity index (χ4v) is 2.69. The predicted molar refractivity (Wildman–Crippen MR) is 78.2 cm³/mol. The van der Waals surface area contributed by atoms with Crippen molar-refractivity contribution >= 4 is 22.9 Å². The first-order valence-corrected chi connectivity index (χ1v) is 7.37. The molecule has 0 amide bonds. The van der Waals surface area contributed by atoms with Crippen molar-refractivity contribution in [1.82, 2.24) is 10.3 Å². The molecule has 2 rings (SSSR count). The molecule has 1 heterocycles. The number of aromatic nitrogens is 1. The average Bonchev–Trinajstić information content (AvgIpc) is 2.84. The molecule has 0 radical (unpaired) electrons. The highest BCUT2D eigenvalue weighted by Gasteiger charge is 2.06. The van der Waals surface area contributed by atoms with E-state index in [1.807, 2.05) is 18.2 Å². The second kappa shape index (κ2) is 6.32. The number of hydrogen-bond donors (Lipinski definition) is 1. The summed E-state index contributed by atoms with van der Waals surface area (Å²) in [6.07, 6.45) is 1.01. The van der Waals surface area contributed by atoms with Crippen molar-refractivity contribution in [2.24, 2.45) is 0 Å². The fraction of sp³-hybridized carbons (Fsp3) is 0.357. The predicted octanol–water partition coefficient (Wildman–Crippen LogP) is 4.21. The number of aryl methyl sites for hydroxylation is 1. The lowest BCUT2D eigenvalue weighted by Crippen LogP contribution is -2.18. The maximum absolute atomic E-state index is 5.99. The van der Waals surface area contributed by atoms with Gasteiger partial charge < -0.3 is 5.32 Å². The van der Waals surface area contributed by atoms with Crippen LogP contribution in [0.5, 0.6) is 0 Å².